The van der Waals surface area contributed by atoms with Gasteiger partial charge in [-0.25, -0.2) is 0 Å². The monoisotopic (exact) mass is 402 g/mol. The Kier molecular flexibility index (Phi) is 5.80. The molecule has 0 bridgehead atoms. The molecule has 1 saturated heterocycles. The molecule has 1 fully saturated rings. The van der Waals surface area contributed by atoms with Crippen LogP contribution in [-0.4, -0.2) is 47.1 Å². The van der Waals surface area contributed by atoms with Gasteiger partial charge in [0, 0.05) is 13.1 Å². The molecule has 1 aromatic heterocycles. The third-order valence-electron chi connectivity index (χ3n) is 3.90. The second kappa shape index (κ2) is 8.09. The van der Waals surface area contributed by atoms with Gasteiger partial charge in [-0.2, -0.15) is 17.5 Å². The minimum atomic E-state index is -4.57. The van der Waals surface area contributed by atoms with Crippen LogP contribution in [-0.2, 0) is 15.7 Å². The highest BCUT2D eigenvalue weighted by molar-refractivity contribution is 6.99. The van der Waals surface area contributed by atoms with Crippen molar-refractivity contribution in [2.45, 2.75) is 19.2 Å². The van der Waals surface area contributed by atoms with E-state index in [0.717, 1.165) is 17.8 Å². The largest absolute Gasteiger partial charge is 0.461 e. The van der Waals surface area contributed by atoms with Crippen LogP contribution >= 0.6 is 11.7 Å². The number of para-hydroxylation sites is 1. The van der Waals surface area contributed by atoms with Gasteiger partial charge in [-0.15, -0.1) is 4.37 Å². The Bertz CT molecular complexity index is 793. The van der Waals surface area contributed by atoms with Gasteiger partial charge in [0.05, 0.1) is 36.2 Å². The second-order valence-corrected chi connectivity index (χ2v) is 6.31. The zero-order chi connectivity index (χ0) is 19.4. The number of nitrogens with one attached hydrogen (secondary N) is 1. The maximum Gasteiger partial charge on any atom is 0.418 e. The van der Waals surface area contributed by atoms with E-state index in [1.807, 2.05) is 4.90 Å². The van der Waals surface area contributed by atoms with Crippen molar-refractivity contribution in [3.63, 3.8) is 0 Å². The van der Waals surface area contributed by atoms with Crippen molar-refractivity contribution in [1.29, 1.82) is 0 Å². The van der Waals surface area contributed by atoms with E-state index in [1.54, 1.807) is 0 Å². The first-order valence-electron chi connectivity index (χ1n) is 8.15. The predicted octanol–water partition coefficient (Wildman–Crippen LogP) is 2.80. The molecule has 27 heavy (non-hydrogen) atoms. The topological polar surface area (TPSA) is 76.6 Å². The quantitative estimate of drug-likeness (QED) is 0.829. The summed E-state index contributed by atoms with van der Waals surface area (Å²) in [6.45, 7) is 3.75. The molecule has 1 aliphatic heterocycles. The highest BCUT2D eigenvalue weighted by Crippen LogP contribution is 2.34. The molecule has 11 heteroatoms. The molecule has 1 aliphatic rings. The first kappa shape index (κ1) is 19.4. The number of rotatable bonds is 5. The van der Waals surface area contributed by atoms with Crippen molar-refractivity contribution in [2.75, 3.05) is 36.5 Å². The number of halogens is 3. The molecule has 0 spiro atoms. The standard InChI is InChI=1S/C16H17F3N4O3S/c1-10(14(24)20-12-5-3-2-4-11(12)16(17,18)19)26-15-13(21-27-22-15)23-6-8-25-9-7-23/h2-5,10H,6-9H2,1H3,(H,20,24)/t10-/m0/s1. The average molecular weight is 402 g/mol. The van der Waals surface area contributed by atoms with Crippen LogP contribution in [0.25, 0.3) is 0 Å². The van der Waals surface area contributed by atoms with Crippen LogP contribution in [0.4, 0.5) is 24.7 Å². The molecule has 0 radical (unpaired) electrons. The van der Waals surface area contributed by atoms with Crippen LogP contribution in [0.5, 0.6) is 5.88 Å². The number of amides is 1. The third-order valence-corrected chi connectivity index (χ3v) is 4.40. The Morgan fingerprint density at radius 3 is 2.70 bits per heavy atom. The number of alkyl halides is 3. The van der Waals surface area contributed by atoms with Crippen LogP contribution in [0.2, 0.25) is 0 Å². The first-order valence-corrected chi connectivity index (χ1v) is 8.88. The van der Waals surface area contributed by atoms with E-state index in [1.165, 1.54) is 25.1 Å². The summed E-state index contributed by atoms with van der Waals surface area (Å²) in [6.07, 6.45) is -5.63. The summed E-state index contributed by atoms with van der Waals surface area (Å²) in [5, 5.41) is 2.27. The van der Waals surface area contributed by atoms with Gasteiger partial charge in [0.25, 0.3) is 11.8 Å². The number of carbonyl (C=O) groups excluding carboxylic acids is 1. The Morgan fingerprint density at radius 2 is 2.00 bits per heavy atom. The number of ether oxygens (including phenoxy) is 2. The number of benzene rings is 1. The molecular weight excluding hydrogens is 385 g/mol. The number of anilines is 2. The molecule has 1 amide bonds. The molecule has 7 nitrogen and oxygen atoms in total. The summed E-state index contributed by atoms with van der Waals surface area (Å²) in [5.74, 6) is -0.0417. The van der Waals surface area contributed by atoms with Gasteiger partial charge in [0.15, 0.2) is 6.10 Å². The third kappa shape index (κ3) is 4.66. The molecule has 3 rings (SSSR count). The minimum Gasteiger partial charge on any atom is -0.461 e. The molecule has 0 unspecified atom stereocenters. The highest BCUT2D eigenvalue weighted by atomic mass is 32.1. The number of aromatic nitrogens is 2. The molecule has 2 aromatic rings. The van der Waals surface area contributed by atoms with Gasteiger partial charge in [-0.3, -0.25) is 4.79 Å². The van der Waals surface area contributed by atoms with Crippen molar-refractivity contribution in [3.05, 3.63) is 29.8 Å². The zero-order valence-electron chi connectivity index (χ0n) is 14.3. The Hall–Kier alpha value is -2.40. The van der Waals surface area contributed by atoms with Crippen LogP contribution in [0.15, 0.2) is 24.3 Å². The molecule has 0 aliphatic carbocycles. The van der Waals surface area contributed by atoms with Gasteiger partial charge >= 0.3 is 6.18 Å². The van der Waals surface area contributed by atoms with Gasteiger partial charge in [-0.05, 0) is 19.1 Å². The van der Waals surface area contributed by atoms with Crippen molar-refractivity contribution in [3.8, 4) is 5.88 Å². The molecule has 0 saturated carbocycles. The highest BCUT2D eigenvalue weighted by Gasteiger charge is 2.34. The molecule has 146 valence electrons. The predicted molar refractivity (Wildman–Crippen MR) is 93.1 cm³/mol. The van der Waals surface area contributed by atoms with E-state index in [2.05, 4.69) is 14.1 Å². The summed E-state index contributed by atoms with van der Waals surface area (Å²) < 4.78 is 58.2. The summed E-state index contributed by atoms with van der Waals surface area (Å²) in [4.78, 5) is 14.2. The lowest BCUT2D eigenvalue weighted by atomic mass is 10.1. The molecule has 1 N–H and O–H groups in total. The smallest absolute Gasteiger partial charge is 0.418 e. The van der Waals surface area contributed by atoms with Gasteiger partial charge in [0.2, 0.25) is 5.82 Å². The van der Waals surface area contributed by atoms with Crippen LogP contribution in [0, 0.1) is 0 Å². The number of nitrogens with zero attached hydrogens (tertiary/aromatic N) is 3. The fourth-order valence-corrected chi connectivity index (χ4v) is 3.02. The van der Waals surface area contributed by atoms with Crippen LogP contribution in [0.1, 0.15) is 12.5 Å². The van der Waals surface area contributed by atoms with E-state index in [-0.39, 0.29) is 11.6 Å². The van der Waals surface area contributed by atoms with E-state index >= 15 is 0 Å². The van der Waals surface area contributed by atoms with Crippen molar-refractivity contribution >= 4 is 29.1 Å². The molecular formula is C16H17F3N4O3S. The van der Waals surface area contributed by atoms with E-state index in [0.29, 0.717) is 32.1 Å². The van der Waals surface area contributed by atoms with E-state index in [4.69, 9.17) is 9.47 Å². The Morgan fingerprint density at radius 1 is 1.30 bits per heavy atom. The fourth-order valence-electron chi connectivity index (χ4n) is 2.51. The fraction of sp³-hybridized carbons (Fsp3) is 0.438. The maximum atomic E-state index is 13.0. The van der Waals surface area contributed by atoms with E-state index in [9.17, 15) is 18.0 Å². The van der Waals surface area contributed by atoms with Gasteiger partial charge in [-0.1, -0.05) is 12.1 Å². The number of carbonyl (C=O) groups is 1. The van der Waals surface area contributed by atoms with Crippen molar-refractivity contribution in [1.82, 2.24) is 8.75 Å². The molecule has 1 aromatic carbocycles. The lowest BCUT2D eigenvalue weighted by Gasteiger charge is -2.27. The summed E-state index contributed by atoms with van der Waals surface area (Å²) >= 11 is 0.935. The number of hydrogen-bond donors (Lipinski definition) is 1. The summed E-state index contributed by atoms with van der Waals surface area (Å²) in [6, 6.07) is 4.77. The Balaban J connectivity index is 1.68. The molecule has 1 atom stereocenters. The van der Waals surface area contributed by atoms with Crippen molar-refractivity contribution in [2.24, 2.45) is 0 Å². The average Bonchev–Trinajstić information content (AvgIpc) is 3.10. The summed E-state index contributed by atoms with van der Waals surface area (Å²) in [7, 11) is 0. The van der Waals surface area contributed by atoms with Gasteiger partial charge < -0.3 is 19.7 Å². The normalized spacial score (nSPS) is 16.1. The number of morpholine rings is 1. The van der Waals surface area contributed by atoms with Crippen LogP contribution in [0.3, 0.4) is 0 Å². The Labute approximate surface area is 157 Å². The maximum absolute atomic E-state index is 13.0. The van der Waals surface area contributed by atoms with Crippen LogP contribution < -0.4 is 15.0 Å². The van der Waals surface area contributed by atoms with Crippen molar-refractivity contribution < 1.29 is 27.4 Å². The number of hydrogen-bond acceptors (Lipinski definition) is 7. The lowest BCUT2D eigenvalue weighted by molar-refractivity contribution is -0.137. The zero-order valence-corrected chi connectivity index (χ0v) is 15.1. The minimum absolute atomic E-state index is 0.175. The second-order valence-electron chi connectivity index (χ2n) is 5.79. The van der Waals surface area contributed by atoms with Gasteiger partial charge in [0.1, 0.15) is 0 Å². The summed E-state index contributed by atoms with van der Waals surface area (Å²) in [5.41, 5.74) is -1.25. The first-order chi connectivity index (χ1) is 12.9. The molecule has 2 heterocycles. The lowest BCUT2D eigenvalue weighted by Crippen LogP contribution is -2.37. The van der Waals surface area contributed by atoms with E-state index < -0.39 is 23.8 Å². The SMILES string of the molecule is C[C@H](Oc1nsnc1N1CCOCC1)C(=O)Nc1ccccc1C(F)(F)F.